The number of benzene rings is 1. The van der Waals surface area contributed by atoms with E-state index >= 15 is 0 Å². The average Bonchev–Trinajstić information content (AvgIpc) is 3.20. The summed E-state index contributed by atoms with van der Waals surface area (Å²) in [5.74, 6) is 0.128. The first-order valence-electron chi connectivity index (χ1n) is 7.55. The first kappa shape index (κ1) is 14.2. The third-order valence-corrected chi connectivity index (χ3v) is 5.18. The molecular formula is C16H17N5OS. The molecule has 1 fully saturated rings. The standard InChI is InChI=1S/C16H17N5OS/c1-11-10-21-15(17-11)23-16(18-21)19(2)13-8-9-20(14(13)22)12-6-4-3-5-7-12/h3-7,10,13H,8-9H2,1-2H3/t13-/m0/s1. The number of aryl methyl sites for hydroxylation is 1. The van der Waals surface area contributed by atoms with Crippen molar-refractivity contribution in [1.29, 1.82) is 0 Å². The van der Waals surface area contributed by atoms with E-state index in [1.807, 2.05) is 60.3 Å². The molecule has 1 aliphatic rings. The van der Waals surface area contributed by atoms with Gasteiger partial charge in [-0.1, -0.05) is 29.5 Å². The summed E-state index contributed by atoms with van der Waals surface area (Å²) in [7, 11) is 1.93. The van der Waals surface area contributed by atoms with Crippen LogP contribution in [0, 0.1) is 6.92 Å². The maximum absolute atomic E-state index is 12.8. The van der Waals surface area contributed by atoms with Crippen LogP contribution in [0.3, 0.4) is 0 Å². The smallest absolute Gasteiger partial charge is 0.249 e. The Morgan fingerprint density at radius 3 is 2.83 bits per heavy atom. The summed E-state index contributed by atoms with van der Waals surface area (Å²) in [6.45, 7) is 2.68. The van der Waals surface area contributed by atoms with E-state index in [0.29, 0.717) is 0 Å². The van der Waals surface area contributed by atoms with Crippen molar-refractivity contribution in [3.8, 4) is 0 Å². The SMILES string of the molecule is Cc1cn2nc(N(C)[C@H]3CCN(c4ccccc4)C3=O)sc2n1. The third kappa shape index (κ3) is 2.37. The van der Waals surface area contributed by atoms with Crippen molar-refractivity contribution in [2.45, 2.75) is 19.4 Å². The zero-order valence-corrected chi connectivity index (χ0v) is 13.8. The van der Waals surface area contributed by atoms with Crippen LogP contribution in [0.25, 0.3) is 4.96 Å². The van der Waals surface area contributed by atoms with E-state index in [9.17, 15) is 4.79 Å². The van der Waals surface area contributed by atoms with Crippen LogP contribution in [0.5, 0.6) is 0 Å². The first-order chi connectivity index (χ1) is 11.1. The molecule has 0 aliphatic carbocycles. The molecule has 0 bridgehead atoms. The van der Waals surface area contributed by atoms with E-state index in [1.54, 1.807) is 4.52 Å². The second-order valence-electron chi connectivity index (χ2n) is 5.73. The van der Waals surface area contributed by atoms with Crippen LogP contribution in [-0.4, -0.2) is 40.1 Å². The Morgan fingerprint density at radius 1 is 1.30 bits per heavy atom. The number of aromatic nitrogens is 3. The molecule has 6 nitrogen and oxygen atoms in total. The zero-order valence-electron chi connectivity index (χ0n) is 13.0. The lowest BCUT2D eigenvalue weighted by Gasteiger charge is -2.23. The molecule has 7 heteroatoms. The molecule has 0 saturated carbocycles. The summed E-state index contributed by atoms with van der Waals surface area (Å²) in [5.41, 5.74) is 1.91. The number of hydrogen-bond donors (Lipinski definition) is 0. The highest BCUT2D eigenvalue weighted by Gasteiger charge is 2.36. The molecule has 0 spiro atoms. The second kappa shape index (κ2) is 5.34. The predicted molar refractivity (Wildman–Crippen MR) is 91.2 cm³/mol. The monoisotopic (exact) mass is 327 g/mol. The lowest BCUT2D eigenvalue weighted by atomic mass is 10.2. The number of hydrogen-bond acceptors (Lipinski definition) is 5. The minimum absolute atomic E-state index is 0.128. The topological polar surface area (TPSA) is 53.7 Å². The molecule has 3 heterocycles. The van der Waals surface area contributed by atoms with Gasteiger partial charge in [-0.25, -0.2) is 9.50 Å². The fourth-order valence-electron chi connectivity index (χ4n) is 2.96. The number of para-hydroxylation sites is 1. The van der Waals surface area contributed by atoms with Gasteiger partial charge in [0, 0.05) is 19.3 Å². The number of fused-ring (bicyclic) bond motifs is 1. The Balaban J connectivity index is 1.58. The van der Waals surface area contributed by atoms with Crippen molar-refractivity contribution in [2.24, 2.45) is 0 Å². The summed E-state index contributed by atoms with van der Waals surface area (Å²) in [6, 6.07) is 9.64. The Morgan fingerprint density at radius 2 is 2.09 bits per heavy atom. The number of likely N-dealkylation sites (N-methyl/N-ethyl adjacent to an activating group) is 1. The van der Waals surface area contributed by atoms with Gasteiger partial charge in [-0.3, -0.25) is 4.79 Å². The maximum atomic E-state index is 12.8. The van der Waals surface area contributed by atoms with Crippen LogP contribution in [0.4, 0.5) is 10.8 Å². The number of carbonyl (C=O) groups excluding carboxylic acids is 1. The number of rotatable bonds is 3. The molecular weight excluding hydrogens is 310 g/mol. The summed E-state index contributed by atoms with van der Waals surface area (Å²) < 4.78 is 1.78. The van der Waals surface area contributed by atoms with E-state index in [1.165, 1.54) is 11.3 Å². The van der Waals surface area contributed by atoms with E-state index in [0.717, 1.165) is 34.4 Å². The van der Waals surface area contributed by atoms with E-state index in [4.69, 9.17) is 0 Å². The van der Waals surface area contributed by atoms with Gasteiger partial charge in [0.1, 0.15) is 6.04 Å². The summed E-state index contributed by atoms with van der Waals surface area (Å²) in [5, 5.41) is 5.36. The quantitative estimate of drug-likeness (QED) is 0.741. The third-order valence-electron chi connectivity index (χ3n) is 4.17. The van der Waals surface area contributed by atoms with Gasteiger partial charge in [0.2, 0.25) is 16.0 Å². The second-order valence-corrected chi connectivity index (χ2v) is 6.67. The number of amides is 1. The molecule has 1 aliphatic heterocycles. The van der Waals surface area contributed by atoms with Gasteiger partial charge >= 0.3 is 0 Å². The minimum atomic E-state index is -0.174. The Bertz CT molecular complexity index is 824. The number of anilines is 2. The first-order valence-corrected chi connectivity index (χ1v) is 8.37. The van der Waals surface area contributed by atoms with Crippen LogP contribution in [-0.2, 0) is 4.79 Å². The highest BCUT2D eigenvalue weighted by molar-refractivity contribution is 7.20. The lowest BCUT2D eigenvalue weighted by Crippen LogP contribution is -2.39. The zero-order chi connectivity index (χ0) is 16.0. The van der Waals surface area contributed by atoms with Gasteiger partial charge in [-0.05, 0) is 25.5 Å². The molecule has 3 aromatic rings. The van der Waals surface area contributed by atoms with Crippen molar-refractivity contribution in [1.82, 2.24) is 14.6 Å². The molecule has 118 valence electrons. The van der Waals surface area contributed by atoms with Gasteiger partial charge in [0.05, 0.1) is 11.9 Å². The fourth-order valence-corrected chi connectivity index (χ4v) is 3.90. The fraction of sp³-hybridized carbons (Fsp3) is 0.312. The molecule has 0 N–H and O–H groups in total. The number of carbonyl (C=O) groups is 1. The van der Waals surface area contributed by atoms with E-state index in [2.05, 4.69) is 10.1 Å². The van der Waals surface area contributed by atoms with Gasteiger partial charge in [-0.2, -0.15) is 0 Å². The molecule has 1 amide bonds. The molecule has 1 aromatic carbocycles. The average molecular weight is 327 g/mol. The summed E-state index contributed by atoms with van der Waals surface area (Å²) in [4.78, 5) is 21.9. The summed E-state index contributed by atoms with van der Waals surface area (Å²) >= 11 is 1.51. The van der Waals surface area contributed by atoms with Crippen LogP contribution >= 0.6 is 11.3 Å². The van der Waals surface area contributed by atoms with E-state index < -0.39 is 0 Å². The number of nitrogens with zero attached hydrogens (tertiary/aromatic N) is 5. The summed E-state index contributed by atoms with van der Waals surface area (Å²) in [6.07, 6.45) is 2.70. The predicted octanol–water partition coefficient (Wildman–Crippen LogP) is 2.34. The van der Waals surface area contributed by atoms with Crippen molar-refractivity contribution in [2.75, 3.05) is 23.4 Å². The molecule has 23 heavy (non-hydrogen) atoms. The minimum Gasteiger partial charge on any atom is -0.338 e. The van der Waals surface area contributed by atoms with Crippen molar-refractivity contribution >= 4 is 33.0 Å². The van der Waals surface area contributed by atoms with Crippen LogP contribution < -0.4 is 9.80 Å². The largest absolute Gasteiger partial charge is 0.338 e. The normalized spacial score (nSPS) is 18.1. The van der Waals surface area contributed by atoms with Crippen molar-refractivity contribution < 1.29 is 4.79 Å². The Labute approximate surface area is 138 Å². The lowest BCUT2D eigenvalue weighted by molar-refractivity contribution is -0.118. The van der Waals surface area contributed by atoms with Crippen molar-refractivity contribution in [3.05, 3.63) is 42.2 Å². The molecule has 0 unspecified atom stereocenters. The van der Waals surface area contributed by atoms with Crippen LogP contribution in [0.1, 0.15) is 12.1 Å². The Hall–Kier alpha value is -2.41. The Kier molecular flexibility index (Phi) is 3.30. The molecule has 4 rings (SSSR count). The van der Waals surface area contributed by atoms with Gasteiger partial charge in [0.25, 0.3) is 0 Å². The maximum Gasteiger partial charge on any atom is 0.249 e. The van der Waals surface area contributed by atoms with Gasteiger partial charge in [-0.15, -0.1) is 5.10 Å². The van der Waals surface area contributed by atoms with Crippen LogP contribution in [0.15, 0.2) is 36.5 Å². The van der Waals surface area contributed by atoms with Crippen molar-refractivity contribution in [3.63, 3.8) is 0 Å². The van der Waals surface area contributed by atoms with Gasteiger partial charge in [0.15, 0.2) is 0 Å². The van der Waals surface area contributed by atoms with Gasteiger partial charge < -0.3 is 9.80 Å². The molecule has 1 saturated heterocycles. The van der Waals surface area contributed by atoms with E-state index in [-0.39, 0.29) is 11.9 Å². The molecule has 0 radical (unpaired) electrons. The highest BCUT2D eigenvalue weighted by atomic mass is 32.1. The molecule has 2 aromatic heterocycles. The highest BCUT2D eigenvalue weighted by Crippen LogP contribution is 2.29. The molecule has 1 atom stereocenters. The number of imidazole rings is 1. The van der Waals surface area contributed by atoms with Crippen LogP contribution in [0.2, 0.25) is 0 Å².